The second-order valence-corrected chi connectivity index (χ2v) is 5.64. The molecule has 0 amide bonds. The fourth-order valence-electron chi connectivity index (χ4n) is 2.23. The van der Waals surface area contributed by atoms with Crippen LogP contribution in [0.1, 0.15) is 58.6 Å². The van der Waals surface area contributed by atoms with Gasteiger partial charge in [-0.2, -0.15) is 0 Å². The third kappa shape index (κ3) is 8.17. The van der Waals surface area contributed by atoms with Gasteiger partial charge >= 0.3 is 0 Å². The van der Waals surface area contributed by atoms with Gasteiger partial charge in [-0.25, -0.2) is 4.68 Å². The first-order valence-corrected chi connectivity index (χ1v) is 8.47. The number of rotatable bonds is 13. The van der Waals surface area contributed by atoms with Crippen LogP contribution in [0.25, 0.3) is 0 Å². The Labute approximate surface area is 129 Å². The smallest absolute Gasteiger partial charge is 0.0964 e. The van der Waals surface area contributed by atoms with Crippen molar-refractivity contribution in [3.05, 3.63) is 11.9 Å². The predicted octanol–water partition coefficient (Wildman–Crippen LogP) is 3.01. The summed E-state index contributed by atoms with van der Waals surface area (Å²) < 4.78 is 7.66. The predicted molar refractivity (Wildman–Crippen MR) is 86.1 cm³/mol. The van der Waals surface area contributed by atoms with E-state index >= 15 is 0 Å². The van der Waals surface area contributed by atoms with Crippen molar-refractivity contribution in [2.75, 3.05) is 19.8 Å². The van der Waals surface area contributed by atoms with Gasteiger partial charge in [0.15, 0.2) is 0 Å². The van der Waals surface area contributed by atoms with Gasteiger partial charge in [0.2, 0.25) is 0 Å². The van der Waals surface area contributed by atoms with E-state index in [4.69, 9.17) is 4.74 Å². The minimum atomic E-state index is 0.703. The zero-order chi connectivity index (χ0) is 15.3. The summed E-state index contributed by atoms with van der Waals surface area (Å²) in [5, 5.41) is 11.6. The highest BCUT2D eigenvalue weighted by atomic mass is 16.5. The molecular weight excluding hydrogens is 264 g/mol. The molecule has 1 N–H and O–H groups in total. The molecule has 0 radical (unpaired) electrons. The maximum Gasteiger partial charge on any atom is 0.0964 e. The normalized spacial score (nSPS) is 12.7. The number of unbranched alkanes of at least 4 members (excludes halogenated alkanes) is 1. The molecule has 1 aromatic heterocycles. The highest BCUT2D eigenvalue weighted by Crippen LogP contribution is 2.12. The average molecular weight is 296 g/mol. The van der Waals surface area contributed by atoms with Crippen LogP contribution < -0.4 is 5.32 Å². The minimum absolute atomic E-state index is 0.703. The molecular formula is C16H32N4O. The summed E-state index contributed by atoms with van der Waals surface area (Å²) in [5.74, 6) is 0.703. The molecule has 21 heavy (non-hydrogen) atoms. The van der Waals surface area contributed by atoms with Crippen molar-refractivity contribution in [3.8, 4) is 0 Å². The quantitative estimate of drug-likeness (QED) is 0.569. The molecule has 1 atom stereocenters. The van der Waals surface area contributed by atoms with E-state index in [1.54, 1.807) is 0 Å². The van der Waals surface area contributed by atoms with E-state index in [2.05, 4.69) is 36.4 Å². The lowest BCUT2D eigenvalue weighted by molar-refractivity contribution is 0.0859. The van der Waals surface area contributed by atoms with Crippen molar-refractivity contribution in [1.82, 2.24) is 20.3 Å². The Balaban J connectivity index is 2.14. The van der Waals surface area contributed by atoms with Gasteiger partial charge in [0.25, 0.3) is 0 Å². The van der Waals surface area contributed by atoms with Gasteiger partial charge in [0.1, 0.15) is 0 Å². The molecule has 1 rings (SSSR count). The van der Waals surface area contributed by atoms with Crippen molar-refractivity contribution < 1.29 is 4.74 Å². The fourth-order valence-corrected chi connectivity index (χ4v) is 2.23. The van der Waals surface area contributed by atoms with Crippen molar-refractivity contribution in [1.29, 1.82) is 0 Å². The largest absolute Gasteiger partial charge is 0.379 e. The number of nitrogens with zero attached hydrogens (tertiary/aromatic N) is 3. The van der Waals surface area contributed by atoms with E-state index < -0.39 is 0 Å². The van der Waals surface area contributed by atoms with Gasteiger partial charge in [-0.05, 0) is 25.3 Å². The van der Waals surface area contributed by atoms with Gasteiger partial charge in [-0.1, -0.05) is 45.2 Å². The van der Waals surface area contributed by atoms with Crippen LogP contribution in [-0.4, -0.2) is 34.8 Å². The lowest BCUT2D eigenvalue weighted by Gasteiger charge is -2.14. The van der Waals surface area contributed by atoms with E-state index in [1.165, 1.54) is 25.7 Å². The van der Waals surface area contributed by atoms with Crippen molar-refractivity contribution in [2.45, 2.75) is 66.0 Å². The molecule has 1 heterocycles. The first-order chi connectivity index (χ1) is 10.3. The number of hydrogen-bond donors (Lipinski definition) is 1. The summed E-state index contributed by atoms with van der Waals surface area (Å²) in [4.78, 5) is 0. The standard InChI is InChI=1S/C16H32N4O/c1-4-7-8-15(6-3)14-21-11-10-20-13-16(18-19-20)12-17-9-5-2/h13,15,17H,4-12,14H2,1-3H3. The van der Waals surface area contributed by atoms with Gasteiger partial charge in [-0.15, -0.1) is 5.10 Å². The van der Waals surface area contributed by atoms with E-state index in [-0.39, 0.29) is 0 Å². The van der Waals surface area contributed by atoms with Gasteiger partial charge in [0.05, 0.1) is 18.8 Å². The molecule has 0 saturated heterocycles. The molecule has 0 fully saturated rings. The Bertz CT molecular complexity index is 354. The minimum Gasteiger partial charge on any atom is -0.379 e. The van der Waals surface area contributed by atoms with Crippen LogP contribution in [0.4, 0.5) is 0 Å². The highest BCUT2D eigenvalue weighted by molar-refractivity contribution is 4.91. The Kier molecular flexibility index (Phi) is 10.1. The molecule has 1 unspecified atom stereocenters. The van der Waals surface area contributed by atoms with E-state index in [0.717, 1.165) is 38.4 Å². The molecule has 5 nitrogen and oxygen atoms in total. The Hall–Kier alpha value is -0.940. The second-order valence-electron chi connectivity index (χ2n) is 5.64. The van der Waals surface area contributed by atoms with Crippen molar-refractivity contribution >= 4 is 0 Å². The molecule has 0 bridgehead atoms. The summed E-state index contributed by atoms with van der Waals surface area (Å²) in [6.07, 6.45) is 8.20. The zero-order valence-corrected chi connectivity index (χ0v) is 14.0. The fraction of sp³-hybridized carbons (Fsp3) is 0.875. The van der Waals surface area contributed by atoms with E-state index in [0.29, 0.717) is 12.5 Å². The lowest BCUT2D eigenvalue weighted by Crippen LogP contribution is -2.14. The van der Waals surface area contributed by atoms with Gasteiger partial charge in [0, 0.05) is 19.3 Å². The summed E-state index contributed by atoms with van der Waals surface area (Å²) in [6.45, 7) is 10.8. The van der Waals surface area contributed by atoms with Crippen molar-refractivity contribution in [3.63, 3.8) is 0 Å². The number of nitrogens with one attached hydrogen (secondary N) is 1. The monoisotopic (exact) mass is 296 g/mol. The summed E-state index contributed by atoms with van der Waals surface area (Å²) in [6, 6.07) is 0. The highest BCUT2D eigenvalue weighted by Gasteiger charge is 2.06. The van der Waals surface area contributed by atoms with Gasteiger partial charge in [-0.3, -0.25) is 0 Å². The molecule has 5 heteroatoms. The summed E-state index contributed by atoms with van der Waals surface area (Å²) in [5.41, 5.74) is 0.998. The first-order valence-electron chi connectivity index (χ1n) is 8.47. The molecule has 0 aliphatic carbocycles. The molecule has 1 aromatic rings. The molecule has 0 spiro atoms. The first kappa shape index (κ1) is 18.1. The van der Waals surface area contributed by atoms with Crippen LogP contribution in [-0.2, 0) is 17.8 Å². The van der Waals surface area contributed by atoms with Crippen LogP contribution in [0.3, 0.4) is 0 Å². The number of aromatic nitrogens is 3. The topological polar surface area (TPSA) is 52.0 Å². The van der Waals surface area contributed by atoms with Crippen LogP contribution in [0.5, 0.6) is 0 Å². The Morgan fingerprint density at radius 1 is 1.29 bits per heavy atom. The maximum atomic E-state index is 5.79. The van der Waals surface area contributed by atoms with E-state index in [1.807, 2.05) is 10.9 Å². The number of ether oxygens (including phenoxy) is 1. The Morgan fingerprint density at radius 3 is 2.86 bits per heavy atom. The zero-order valence-electron chi connectivity index (χ0n) is 14.0. The van der Waals surface area contributed by atoms with Crippen LogP contribution in [0.2, 0.25) is 0 Å². The SMILES string of the molecule is CCCCC(CC)COCCn1cc(CNCCC)nn1. The van der Waals surface area contributed by atoms with E-state index in [9.17, 15) is 0 Å². The maximum absolute atomic E-state index is 5.79. The van der Waals surface area contributed by atoms with Crippen LogP contribution in [0.15, 0.2) is 6.20 Å². The molecule has 0 aliphatic heterocycles. The molecule has 0 aliphatic rings. The molecule has 0 aromatic carbocycles. The third-order valence-electron chi connectivity index (χ3n) is 3.68. The third-order valence-corrected chi connectivity index (χ3v) is 3.68. The van der Waals surface area contributed by atoms with Crippen molar-refractivity contribution in [2.24, 2.45) is 5.92 Å². The lowest BCUT2D eigenvalue weighted by atomic mass is 10.0. The summed E-state index contributed by atoms with van der Waals surface area (Å²) in [7, 11) is 0. The average Bonchev–Trinajstić information content (AvgIpc) is 2.95. The molecule has 122 valence electrons. The molecule has 0 saturated carbocycles. The second kappa shape index (κ2) is 11.7. The van der Waals surface area contributed by atoms with Gasteiger partial charge < -0.3 is 10.1 Å². The van der Waals surface area contributed by atoms with Crippen LogP contribution >= 0.6 is 0 Å². The number of hydrogen-bond acceptors (Lipinski definition) is 4. The summed E-state index contributed by atoms with van der Waals surface area (Å²) >= 11 is 0. The van der Waals surface area contributed by atoms with Crippen LogP contribution in [0, 0.1) is 5.92 Å². The Morgan fingerprint density at radius 2 is 2.14 bits per heavy atom.